The van der Waals surface area contributed by atoms with Crippen molar-refractivity contribution in [3.8, 4) is 0 Å². The van der Waals surface area contributed by atoms with Gasteiger partial charge in [-0.25, -0.2) is 4.57 Å². The molecule has 0 aromatic rings. The number of nitrogens with zero attached hydrogens (tertiary/aromatic N) is 1. The van der Waals surface area contributed by atoms with E-state index in [9.17, 15) is 19.0 Å². The van der Waals surface area contributed by atoms with E-state index in [0.717, 1.165) is 57.8 Å². The van der Waals surface area contributed by atoms with Crippen LogP contribution in [0.4, 0.5) is 0 Å². The van der Waals surface area contributed by atoms with E-state index in [0.29, 0.717) is 17.4 Å². The van der Waals surface area contributed by atoms with Crippen LogP contribution in [0.15, 0.2) is 48.6 Å². The van der Waals surface area contributed by atoms with Gasteiger partial charge in [0.2, 0.25) is 0 Å². The molecule has 0 amide bonds. The molecule has 0 spiro atoms. The zero-order valence-corrected chi connectivity index (χ0v) is 44.6. The van der Waals surface area contributed by atoms with E-state index in [4.69, 9.17) is 18.5 Å². The summed E-state index contributed by atoms with van der Waals surface area (Å²) in [5.41, 5.74) is 0. The van der Waals surface area contributed by atoms with Gasteiger partial charge >= 0.3 is 19.8 Å². The molecule has 0 aliphatic heterocycles. The summed E-state index contributed by atoms with van der Waals surface area (Å²) >= 11 is 0. The van der Waals surface area contributed by atoms with Gasteiger partial charge in [-0.3, -0.25) is 18.6 Å². The molecule has 66 heavy (non-hydrogen) atoms. The van der Waals surface area contributed by atoms with Crippen LogP contribution in [0.25, 0.3) is 0 Å². The third kappa shape index (κ3) is 51.4. The van der Waals surface area contributed by atoms with Gasteiger partial charge in [-0.2, -0.15) is 0 Å². The number of hydrogen-bond acceptors (Lipinski definition) is 7. The predicted octanol–water partition coefficient (Wildman–Crippen LogP) is 16.6. The standard InChI is InChI=1S/C56H104NO8P/c1-6-8-10-12-14-16-18-20-22-24-26-27-28-29-31-32-34-36-38-40-42-44-46-48-55(58)62-52-54(53-64-66(60,61)63-51-50-57(3,4)5)65-56(59)49-47-45-43-41-39-37-35-33-30-25-23-21-19-17-15-13-11-9-7-2/h15,17,21,23,30,33,37,39,54H,6-14,16,18-20,22,24-29,31-32,34-36,38,40-53H2,1-5H3/p+1/b17-15+,23-21+,33-30+,39-37+/t54-/m1/s1. The number of hydrogen-bond donors (Lipinski definition) is 1. The van der Waals surface area contributed by atoms with E-state index in [-0.39, 0.29) is 32.0 Å². The minimum atomic E-state index is -4.39. The number of allylic oxidation sites excluding steroid dienone is 8. The van der Waals surface area contributed by atoms with Crippen molar-refractivity contribution < 1.29 is 42.1 Å². The monoisotopic (exact) mass is 951 g/mol. The maximum atomic E-state index is 12.8. The number of phosphoric ester groups is 1. The third-order valence-electron chi connectivity index (χ3n) is 11.9. The molecule has 0 aromatic heterocycles. The van der Waals surface area contributed by atoms with Gasteiger partial charge in [-0.1, -0.05) is 223 Å². The molecule has 0 saturated heterocycles. The lowest BCUT2D eigenvalue weighted by molar-refractivity contribution is -0.870. The molecule has 0 heterocycles. The fourth-order valence-corrected chi connectivity index (χ4v) is 8.33. The average molecular weight is 951 g/mol. The summed E-state index contributed by atoms with van der Waals surface area (Å²) < 4.78 is 34.5. The highest BCUT2D eigenvalue weighted by Gasteiger charge is 2.27. The lowest BCUT2D eigenvalue weighted by Crippen LogP contribution is -2.37. The van der Waals surface area contributed by atoms with Gasteiger partial charge in [-0.05, 0) is 57.8 Å². The minimum absolute atomic E-state index is 0.0251. The van der Waals surface area contributed by atoms with Gasteiger partial charge in [0.05, 0.1) is 27.7 Å². The Balaban J connectivity index is 4.23. The SMILES string of the molecule is CCCCC/C=C/C/C=C/C/C=C/C/C=C/CCCCCC(=O)O[C@H](COC(=O)CCCCCCCCCCCCCCCCCCCCCCCCC)COP(=O)(O)OCC[N+](C)(C)C. The fourth-order valence-electron chi connectivity index (χ4n) is 7.59. The van der Waals surface area contributed by atoms with Crippen molar-refractivity contribution in [1.82, 2.24) is 0 Å². The Bertz CT molecular complexity index is 1260. The number of ether oxygens (including phenoxy) is 2. The Morgan fingerprint density at radius 3 is 1.24 bits per heavy atom. The summed E-state index contributed by atoms with van der Waals surface area (Å²) in [4.78, 5) is 35.6. The van der Waals surface area contributed by atoms with Crippen LogP contribution in [0.3, 0.4) is 0 Å². The largest absolute Gasteiger partial charge is 0.472 e. The highest BCUT2D eigenvalue weighted by atomic mass is 31.2. The molecule has 0 rings (SSSR count). The maximum absolute atomic E-state index is 12.8. The molecule has 0 aromatic carbocycles. The Hall–Kier alpha value is -2.03. The molecule has 0 fully saturated rings. The Morgan fingerprint density at radius 2 is 0.818 bits per heavy atom. The van der Waals surface area contributed by atoms with Gasteiger partial charge in [0.25, 0.3) is 0 Å². The zero-order valence-electron chi connectivity index (χ0n) is 43.7. The summed E-state index contributed by atoms with van der Waals surface area (Å²) in [6, 6.07) is 0. The van der Waals surface area contributed by atoms with Crippen molar-refractivity contribution in [3.63, 3.8) is 0 Å². The highest BCUT2D eigenvalue weighted by molar-refractivity contribution is 7.47. The predicted molar refractivity (Wildman–Crippen MR) is 280 cm³/mol. The topological polar surface area (TPSA) is 108 Å². The van der Waals surface area contributed by atoms with E-state index < -0.39 is 26.5 Å². The van der Waals surface area contributed by atoms with E-state index in [1.165, 1.54) is 154 Å². The van der Waals surface area contributed by atoms with Crippen LogP contribution in [-0.2, 0) is 32.7 Å². The van der Waals surface area contributed by atoms with Crippen molar-refractivity contribution in [2.24, 2.45) is 0 Å². The molecule has 0 aliphatic carbocycles. The molecule has 0 radical (unpaired) electrons. The van der Waals surface area contributed by atoms with Crippen molar-refractivity contribution in [2.75, 3.05) is 47.5 Å². The van der Waals surface area contributed by atoms with Crippen molar-refractivity contribution in [1.29, 1.82) is 0 Å². The van der Waals surface area contributed by atoms with E-state index in [1.54, 1.807) is 0 Å². The number of quaternary nitrogens is 1. The average Bonchev–Trinajstić information content (AvgIpc) is 3.27. The van der Waals surface area contributed by atoms with Crippen LogP contribution in [0.1, 0.15) is 245 Å². The van der Waals surface area contributed by atoms with Gasteiger partial charge in [0.15, 0.2) is 6.10 Å². The lowest BCUT2D eigenvalue weighted by Gasteiger charge is -2.24. The molecular weight excluding hydrogens is 846 g/mol. The summed E-state index contributed by atoms with van der Waals surface area (Å²) in [6.07, 6.45) is 58.9. The summed E-state index contributed by atoms with van der Waals surface area (Å²) in [5.74, 6) is -0.825. The third-order valence-corrected chi connectivity index (χ3v) is 12.8. The van der Waals surface area contributed by atoms with Crippen LogP contribution in [0.2, 0.25) is 0 Å². The first-order valence-corrected chi connectivity index (χ1v) is 28.9. The molecule has 10 heteroatoms. The van der Waals surface area contributed by atoms with Gasteiger partial charge < -0.3 is 18.9 Å². The van der Waals surface area contributed by atoms with Crippen molar-refractivity contribution in [3.05, 3.63) is 48.6 Å². The Kier molecular flexibility index (Phi) is 46.5. The zero-order chi connectivity index (χ0) is 48.5. The molecule has 386 valence electrons. The van der Waals surface area contributed by atoms with Crippen LogP contribution in [0, 0.1) is 0 Å². The van der Waals surface area contributed by atoms with E-state index in [1.807, 2.05) is 21.1 Å². The first-order valence-electron chi connectivity index (χ1n) is 27.4. The molecule has 1 unspecified atom stereocenters. The smallest absolute Gasteiger partial charge is 0.462 e. The van der Waals surface area contributed by atoms with Gasteiger partial charge in [0, 0.05) is 12.8 Å². The summed E-state index contributed by atoms with van der Waals surface area (Å²) in [7, 11) is 1.46. The Labute approximate surface area is 407 Å². The van der Waals surface area contributed by atoms with Crippen LogP contribution in [-0.4, -0.2) is 74.9 Å². The van der Waals surface area contributed by atoms with Crippen molar-refractivity contribution in [2.45, 2.75) is 251 Å². The second kappa shape index (κ2) is 48.0. The molecule has 0 saturated carbocycles. The summed E-state index contributed by atoms with van der Waals surface area (Å²) in [6.45, 7) is 4.39. The van der Waals surface area contributed by atoms with E-state index >= 15 is 0 Å². The quantitative estimate of drug-likeness (QED) is 0.0211. The van der Waals surface area contributed by atoms with Gasteiger partial charge in [-0.15, -0.1) is 0 Å². The minimum Gasteiger partial charge on any atom is -0.462 e. The number of phosphoric acid groups is 1. The number of carbonyl (C=O) groups is 2. The second-order valence-electron chi connectivity index (χ2n) is 19.6. The molecule has 1 N–H and O–H groups in total. The van der Waals surface area contributed by atoms with Crippen LogP contribution < -0.4 is 0 Å². The number of likely N-dealkylation sites (N-methyl/N-ethyl adjacent to an activating group) is 1. The molecule has 9 nitrogen and oxygen atoms in total. The Morgan fingerprint density at radius 1 is 0.470 bits per heavy atom. The normalized spacial score (nSPS) is 13.7. The number of esters is 2. The lowest BCUT2D eigenvalue weighted by atomic mass is 10.0. The summed E-state index contributed by atoms with van der Waals surface area (Å²) in [5, 5.41) is 0. The maximum Gasteiger partial charge on any atom is 0.472 e. The first-order chi connectivity index (χ1) is 32.0. The van der Waals surface area contributed by atoms with Crippen LogP contribution in [0.5, 0.6) is 0 Å². The van der Waals surface area contributed by atoms with E-state index in [2.05, 4.69) is 62.5 Å². The molecule has 2 atom stereocenters. The molecule has 0 aliphatic rings. The molecule has 0 bridgehead atoms. The first kappa shape index (κ1) is 64.0. The number of unbranched alkanes of at least 4 members (excludes halogenated alkanes) is 28. The number of rotatable bonds is 50. The fraction of sp³-hybridized carbons (Fsp3) is 0.821. The highest BCUT2D eigenvalue weighted by Crippen LogP contribution is 2.43. The second-order valence-corrected chi connectivity index (χ2v) is 21.1. The van der Waals surface area contributed by atoms with Gasteiger partial charge in [0.1, 0.15) is 19.8 Å². The number of carbonyl (C=O) groups excluding carboxylic acids is 2. The van der Waals surface area contributed by atoms with Crippen molar-refractivity contribution >= 4 is 19.8 Å². The molecular formula is C56H105NO8P+. The van der Waals surface area contributed by atoms with Crippen LogP contribution >= 0.6 is 7.82 Å².